The van der Waals surface area contributed by atoms with Crippen molar-refractivity contribution < 1.29 is 0 Å². The van der Waals surface area contributed by atoms with Crippen LogP contribution in [0.3, 0.4) is 0 Å². The van der Waals surface area contributed by atoms with Crippen molar-refractivity contribution in [3.8, 4) is 0 Å². The fraction of sp³-hybridized carbons (Fsp3) is 0.333. The van der Waals surface area contributed by atoms with Gasteiger partial charge in [-0.05, 0) is 24.1 Å². The van der Waals surface area contributed by atoms with Gasteiger partial charge in [0.25, 0.3) is 0 Å². The highest BCUT2D eigenvalue weighted by Crippen LogP contribution is 2.04. The maximum Gasteiger partial charge on any atom is 0.0534 e. The molecule has 2 rings (SSSR count). The fourth-order valence-electron chi connectivity index (χ4n) is 1.59. The van der Waals surface area contributed by atoms with E-state index in [1.165, 1.54) is 16.7 Å². The molecule has 2 aromatic heterocycles. The van der Waals surface area contributed by atoms with Crippen molar-refractivity contribution in [3.63, 3.8) is 0 Å². The molecule has 0 radical (unpaired) electrons. The van der Waals surface area contributed by atoms with Gasteiger partial charge >= 0.3 is 0 Å². The second-order valence-corrected chi connectivity index (χ2v) is 3.93. The lowest BCUT2D eigenvalue weighted by atomic mass is 10.1. The van der Waals surface area contributed by atoms with Crippen molar-refractivity contribution in [2.45, 2.75) is 20.0 Å². The third-order valence-corrected chi connectivity index (χ3v) is 2.55. The molecule has 4 nitrogen and oxygen atoms in total. The minimum atomic E-state index is 0.835. The van der Waals surface area contributed by atoms with Crippen LogP contribution in [0.1, 0.15) is 16.7 Å². The molecule has 0 aliphatic heterocycles. The SMILES string of the molecule is Cc1ccncc1CNCc1cnn(C)c1. The summed E-state index contributed by atoms with van der Waals surface area (Å²) < 4.78 is 1.81. The number of nitrogens with one attached hydrogen (secondary N) is 1. The minimum Gasteiger partial charge on any atom is -0.308 e. The van der Waals surface area contributed by atoms with Crippen molar-refractivity contribution in [2.75, 3.05) is 0 Å². The van der Waals surface area contributed by atoms with Gasteiger partial charge in [-0.1, -0.05) is 0 Å². The van der Waals surface area contributed by atoms with Crippen LogP contribution in [0.2, 0.25) is 0 Å². The first-order valence-electron chi connectivity index (χ1n) is 5.33. The Balaban J connectivity index is 1.87. The van der Waals surface area contributed by atoms with Crippen molar-refractivity contribution in [2.24, 2.45) is 7.05 Å². The van der Waals surface area contributed by atoms with E-state index in [0.29, 0.717) is 0 Å². The van der Waals surface area contributed by atoms with Gasteiger partial charge in [0, 0.05) is 44.3 Å². The van der Waals surface area contributed by atoms with Gasteiger partial charge in [0.15, 0.2) is 0 Å². The Morgan fingerprint density at radius 1 is 1.31 bits per heavy atom. The molecule has 0 saturated heterocycles. The Morgan fingerprint density at radius 2 is 2.19 bits per heavy atom. The van der Waals surface area contributed by atoms with E-state index in [4.69, 9.17) is 0 Å². The predicted octanol–water partition coefficient (Wildman–Crippen LogP) is 1.41. The van der Waals surface area contributed by atoms with Crippen LogP contribution in [0.5, 0.6) is 0 Å². The number of aromatic nitrogens is 3. The van der Waals surface area contributed by atoms with Gasteiger partial charge in [-0.25, -0.2) is 0 Å². The second kappa shape index (κ2) is 4.90. The topological polar surface area (TPSA) is 42.7 Å². The third kappa shape index (κ3) is 2.67. The Kier molecular flexibility index (Phi) is 3.31. The first-order valence-corrected chi connectivity index (χ1v) is 5.33. The molecule has 2 heterocycles. The van der Waals surface area contributed by atoms with E-state index in [1.807, 2.05) is 42.6 Å². The van der Waals surface area contributed by atoms with Crippen molar-refractivity contribution in [1.29, 1.82) is 0 Å². The molecular formula is C12H16N4. The molecule has 1 N–H and O–H groups in total. The maximum atomic E-state index is 4.12. The van der Waals surface area contributed by atoms with Crippen molar-refractivity contribution in [3.05, 3.63) is 47.5 Å². The summed E-state index contributed by atoms with van der Waals surface area (Å²) in [6, 6.07) is 2.03. The van der Waals surface area contributed by atoms with E-state index in [1.54, 1.807) is 0 Å². The number of nitrogens with zero attached hydrogens (tertiary/aromatic N) is 3. The molecule has 0 aliphatic rings. The molecule has 0 aliphatic carbocycles. The average Bonchev–Trinajstić information content (AvgIpc) is 2.67. The molecule has 0 amide bonds. The first kappa shape index (κ1) is 10.8. The Bertz CT molecular complexity index is 462. The van der Waals surface area contributed by atoms with Crippen LogP contribution in [-0.2, 0) is 20.1 Å². The second-order valence-electron chi connectivity index (χ2n) is 3.93. The summed E-state index contributed by atoms with van der Waals surface area (Å²) in [5.74, 6) is 0. The molecule has 16 heavy (non-hydrogen) atoms. The lowest BCUT2D eigenvalue weighted by Gasteiger charge is -2.05. The Morgan fingerprint density at radius 3 is 2.88 bits per heavy atom. The van der Waals surface area contributed by atoms with Crippen molar-refractivity contribution in [1.82, 2.24) is 20.1 Å². The van der Waals surface area contributed by atoms with Crippen LogP contribution < -0.4 is 5.32 Å². The van der Waals surface area contributed by atoms with Crippen LogP contribution in [0.25, 0.3) is 0 Å². The molecule has 0 fully saturated rings. The summed E-state index contributed by atoms with van der Waals surface area (Å²) >= 11 is 0. The van der Waals surface area contributed by atoms with E-state index in [9.17, 15) is 0 Å². The van der Waals surface area contributed by atoms with Gasteiger partial charge < -0.3 is 5.32 Å². The zero-order valence-corrected chi connectivity index (χ0v) is 9.64. The molecule has 0 spiro atoms. The molecule has 2 aromatic rings. The fourth-order valence-corrected chi connectivity index (χ4v) is 1.59. The largest absolute Gasteiger partial charge is 0.308 e. The highest BCUT2D eigenvalue weighted by molar-refractivity contribution is 5.21. The van der Waals surface area contributed by atoms with Gasteiger partial charge in [0.05, 0.1) is 6.20 Å². The van der Waals surface area contributed by atoms with Gasteiger partial charge in [0.1, 0.15) is 0 Å². The van der Waals surface area contributed by atoms with Crippen LogP contribution >= 0.6 is 0 Å². The molecule has 84 valence electrons. The molecule has 0 saturated carbocycles. The van der Waals surface area contributed by atoms with Crippen LogP contribution in [0.4, 0.5) is 0 Å². The number of aryl methyl sites for hydroxylation is 2. The number of rotatable bonds is 4. The highest BCUT2D eigenvalue weighted by atomic mass is 15.2. The monoisotopic (exact) mass is 216 g/mol. The number of hydrogen-bond donors (Lipinski definition) is 1. The zero-order chi connectivity index (χ0) is 11.4. The summed E-state index contributed by atoms with van der Waals surface area (Å²) in [6.07, 6.45) is 7.62. The third-order valence-electron chi connectivity index (χ3n) is 2.55. The lowest BCUT2D eigenvalue weighted by Crippen LogP contribution is -2.13. The summed E-state index contributed by atoms with van der Waals surface area (Å²) in [5.41, 5.74) is 3.71. The Labute approximate surface area is 95.3 Å². The van der Waals surface area contributed by atoms with E-state index < -0.39 is 0 Å². The smallest absolute Gasteiger partial charge is 0.0534 e. The van der Waals surface area contributed by atoms with Crippen LogP contribution in [0.15, 0.2) is 30.9 Å². The summed E-state index contributed by atoms with van der Waals surface area (Å²) in [4.78, 5) is 4.12. The van der Waals surface area contributed by atoms with Crippen molar-refractivity contribution >= 4 is 0 Å². The van der Waals surface area contributed by atoms with Crippen LogP contribution in [-0.4, -0.2) is 14.8 Å². The van der Waals surface area contributed by atoms with Gasteiger partial charge in [-0.3, -0.25) is 9.67 Å². The number of hydrogen-bond acceptors (Lipinski definition) is 3. The lowest BCUT2D eigenvalue weighted by molar-refractivity contribution is 0.687. The van der Waals surface area contributed by atoms with E-state index in [2.05, 4.69) is 22.3 Å². The summed E-state index contributed by atoms with van der Waals surface area (Å²) in [6.45, 7) is 3.78. The maximum absolute atomic E-state index is 4.12. The standard InChI is InChI=1S/C12H16N4/c1-10-3-4-13-7-12(10)8-14-5-11-6-15-16(2)9-11/h3-4,6-7,9,14H,5,8H2,1-2H3. The predicted molar refractivity (Wildman–Crippen MR) is 62.7 cm³/mol. The highest BCUT2D eigenvalue weighted by Gasteiger charge is 1.98. The minimum absolute atomic E-state index is 0.835. The molecule has 4 heteroatoms. The van der Waals surface area contributed by atoms with Crippen LogP contribution in [0, 0.1) is 6.92 Å². The molecule has 0 unspecified atom stereocenters. The quantitative estimate of drug-likeness (QED) is 0.840. The molecule has 0 atom stereocenters. The Hall–Kier alpha value is -1.68. The van der Waals surface area contributed by atoms with Gasteiger partial charge in [0.2, 0.25) is 0 Å². The number of pyridine rings is 1. The van der Waals surface area contributed by atoms with E-state index in [-0.39, 0.29) is 0 Å². The molecule has 0 aromatic carbocycles. The molecular weight excluding hydrogens is 200 g/mol. The van der Waals surface area contributed by atoms with E-state index >= 15 is 0 Å². The summed E-state index contributed by atoms with van der Waals surface area (Å²) in [7, 11) is 1.93. The average molecular weight is 216 g/mol. The summed E-state index contributed by atoms with van der Waals surface area (Å²) in [5, 5.41) is 7.50. The van der Waals surface area contributed by atoms with Gasteiger partial charge in [-0.2, -0.15) is 5.10 Å². The normalized spacial score (nSPS) is 10.6. The van der Waals surface area contributed by atoms with Gasteiger partial charge in [-0.15, -0.1) is 0 Å². The first-order chi connectivity index (χ1) is 7.75. The zero-order valence-electron chi connectivity index (χ0n) is 9.64. The van der Waals surface area contributed by atoms with E-state index in [0.717, 1.165) is 13.1 Å². The molecule has 0 bridgehead atoms.